The van der Waals surface area contributed by atoms with E-state index in [1.807, 2.05) is 36.4 Å². The summed E-state index contributed by atoms with van der Waals surface area (Å²) in [6, 6.07) is 14.8. The third-order valence-corrected chi connectivity index (χ3v) is 5.78. The first-order chi connectivity index (χ1) is 15.6. The average molecular weight is 448 g/mol. The van der Waals surface area contributed by atoms with Crippen LogP contribution in [0.1, 0.15) is 41.5 Å². The van der Waals surface area contributed by atoms with E-state index in [-0.39, 0.29) is 11.7 Å². The quantitative estimate of drug-likeness (QED) is 0.498. The highest BCUT2D eigenvalue weighted by molar-refractivity contribution is 6.30. The number of amides is 1. The number of hydrogen-bond donors (Lipinski definition) is 1. The van der Waals surface area contributed by atoms with Crippen LogP contribution in [0, 0.1) is 6.92 Å². The van der Waals surface area contributed by atoms with Crippen LogP contribution in [0.5, 0.6) is 0 Å². The van der Waals surface area contributed by atoms with Crippen LogP contribution in [0.15, 0.2) is 48.5 Å². The zero-order valence-corrected chi connectivity index (χ0v) is 18.4. The van der Waals surface area contributed by atoms with Gasteiger partial charge in [0.15, 0.2) is 5.82 Å². The number of carbonyl (C=O) groups is 1. The molecule has 0 aliphatic carbocycles. The molecule has 0 bridgehead atoms. The first kappa shape index (κ1) is 20.4. The lowest BCUT2D eigenvalue weighted by Gasteiger charge is -2.09. The first-order valence-electron chi connectivity index (χ1n) is 10.6. The van der Waals surface area contributed by atoms with Crippen LogP contribution >= 0.6 is 11.6 Å². The Bertz CT molecular complexity index is 1280. The minimum atomic E-state index is -0.377. The second-order valence-electron chi connectivity index (χ2n) is 7.81. The molecule has 162 valence electrons. The number of aryl methyl sites for hydroxylation is 2. The summed E-state index contributed by atoms with van der Waals surface area (Å²) in [7, 11) is 0. The Kier molecular flexibility index (Phi) is 5.45. The molecule has 1 aliphatic rings. The van der Waals surface area contributed by atoms with Gasteiger partial charge >= 0.3 is 0 Å². The minimum Gasteiger partial charge on any atom is -0.319 e. The zero-order valence-electron chi connectivity index (χ0n) is 17.6. The number of benzene rings is 2. The topological polar surface area (TPSA) is 90.5 Å². The van der Waals surface area contributed by atoms with Crippen LogP contribution < -0.4 is 5.32 Å². The van der Waals surface area contributed by atoms with E-state index in [1.165, 1.54) is 6.42 Å². The standard InChI is InChI=1S/C23H22ClN7O/c1-15-25-21(29-31(15)19-11-9-17(24)10-12-19)23(32)26-18-7-5-6-16(14-18)22-28-27-20-8-3-2-4-13-30(20)22/h5-7,9-12,14H,2-4,8,13H2,1H3,(H,26,32). The second-order valence-corrected chi connectivity index (χ2v) is 8.24. The molecular formula is C23H22ClN7O. The van der Waals surface area contributed by atoms with Crippen molar-refractivity contribution < 1.29 is 4.79 Å². The second kappa shape index (κ2) is 8.55. The molecule has 8 nitrogen and oxygen atoms in total. The highest BCUT2D eigenvalue weighted by Gasteiger charge is 2.18. The van der Waals surface area contributed by atoms with Gasteiger partial charge in [0.25, 0.3) is 5.91 Å². The average Bonchev–Trinajstić information content (AvgIpc) is 3.30. The number of aromatic nitrogens is 6. The highest BCUT2D eigenvalue weighted by Crippen LogP contribution is 2.25. The lowest BCUT2D eigenvalue weighted by Crippen LogP contribution is -2.14. The molecule has 0 saturated carbocycles. The number of hydrogen-bond acceptors (Lipinski definition) is 5. The molecular weight excluding hydrogens is 426 g/mol. The molecule has 1 amide bonds. The smallest absolute Gasteiger partial charge is 0.295 e. The van der Waals surface area contributed by atoms with Gasteiger partial charge in [0.1, 0.15) is 11.6 Å². The van der Waals surface area contributed by atoms with Crippen LogP contribution in [0.25, 0.3) is 17.1 Å². The van der Waals surface area contributed by atoms with Gasteiger partial charge in [-0.2, -0.15) is 0 Å². The zero-order chi connectivity index (χ0) is 22.1. The van der Waals surface area contributed by atoms with Gasteiger partial charge in [-0.3, -0.25) is 4.79 Å². The highest BCUT2D eigenvalue weighted by atomic mass is 35.5. The van der Waals surface area contributed by atoms with Gasteiger partial charge in [-0.05, 0) is 56.2 Å². The molecule has 0 spiro atoms. The summed E-state index contributed by atoms with van der Waals surface area (Å²) in [6.45, 7) is 2.72. The number of nitrogens with one attached hydrogen (secondary N) is 1. The third kappa shape index (κ3) is 4.01. The van der Waals surface area contributed by atoms with Crippen LogP contribution in [0.4, 0.5) is 5.69 Å². The molecule has 32 heavy (non-hydrogen) atoms. The van der Waals surface area contributed by atoms with Crippen molar-refractivity contribution >= 4 is 23.2 Å². The summed E-state index contributed by atoms with van der Waals surface area (Å²) in [6.07, 6.45) is 4.41. The van der Waals surface area contributed by atoms with Crippen molar-refractivity contribution in [2.24, 2.45) is 0 Å². The van der Waals surface area contributed by atoms with Crippen molar-refractivity contribution in [2.45, 2.75) is 39.2 Å². The van der Waals surface area contributed by atoms with Gasteiger partial charge in [-0.15, -0.1) is 15.3 Å². The van der Waals surface area contributed by atoms with E-state index in [4.69, 9.17) is 11.6 Å². The maximum atomic E-state index is 12.8. The molecule has 4 aromatic rings. The Morgan fingerprint density at radius 1 is 1.06 bits per heavy atom. The number of halogens is 1. The van der Waals surface area contributed by atoms with E-state index in [0.29, 0.717) is 16.5 Å². The summed E-state index contributed by atoms with van der Waals surface area (Å²) in [5.41, 5.74) is 2.35. The van der Waals surface area contributed by atoms with E-state index in [1.54, 1.807) is 23.7 Å². The SMILES string of the molecule is Cc1nc(C(=O)Nc2cccc(-c3nnc4n3CCCCC4)c2)nn1-c1ccc(Cl)cc1. The van der Waals surface area contributed by atoms with Crippen molar-refractivity contribution in [3.63, 3.8) is 0 Å². The van der Waals surface area contributed by atoms with Gasteiger partial charge < -0.3 is 9.88 Å². The molecule has 0 unspecified atom stereocenters. The Morgan fingerprint density at radius 2 is 1.91 bits per heavy atom. The number of carbonyl (C=O) groups excluding carboxylic acids is 1. The molecule has 1 aliphatic heterocycles. The predicted molar refractivity (Wildman–Crippen MR) is 122 cm³/mol. The van der Waals surface area contributed by atoms with Gasteiger partial charge in [0.05, 0.1) is 5.69 Å². The summed E-state index contributed by atoms with van der Waals surface area (Å²) < 4.78 is 3.81. The van der Waals surface area contributed by atoms with E-state index in [2.05, 4.69) is 30.2 Å². The molecule has 0 atom stereocenters. The van der Waals surface area contributed by atoms with Crippen LogP contribution in [-0.2, 0) is 13.0 Å². The van der Waals surface area contributed by atoms with Crippen molar-refractivity contribution in [3.05, 3.63) is 71.0 Å². The summed E-state index contributed by atoms with van der Waals surface area (Å²) in [5.74, 6) is 2.19. The Balaban J connectivity index is 1.38. The molecule has 0 saturated heterocycles. The maximum Gasteiger partial charge on any atom is 0.295 e. The van der Waals surface area contributed by atoms with Crippen molar-refractivity contribution in [1.29, 1.82) is 0 Å². The maximum absolute atomic E-state index is 12.8. The number of rotatable bonds is 4. The van der Waals surface area contributed by atoms with E-state index in [9.17, 15) is 4.79 Å². The van der Waals surface area contributed by atoms with Gasteiger partial charge in [-0.1, -0.05) is 30.2 Å². The first-order valence-corrected chi connectivity index (χ1v) is 11.0. The lowest BCUT2D eigenvalue weighted by molar-refractivity contribution is 0.101. The van der Waals surface area contributed by atoms with Gasteiger partial charge in [0.2, 0.25) is 5.82 Å². The summed E-state index contributed by atoms with van der Waals surface area (Å²) >= 11 is 5.96. The minimum absolute atomic E-state index is 0.0965. The van der Waals surface area contributed by atoms with Gasteiger partial charge in [0, 0.05) is 29.2 Å². The Hall–Kier alpha value is -3.52. The molecule has 9 heteroatoms. The largest absolute Gasteiger partial charge is 0.319 e. The number of anilines is 1. The molecule has 1 N–H and O–H groups in total. The Morgan fingerprint density at radius 3 is 2.75 bits per heavy atom. The molecule has 0 radical (unpaired) electrons. The fraction of sp³-hybridized carbons (Fsp3) is 0.261. The van der Waals surface area contributed by atoms with Gasteiger partial charge in [-0.25, -0.2) is 9.67 Å². The molecule has 0 fully saturated rings. The molecule has 2 aromatic carbocycles. The summed E-state index contributed by atoms with van der Waals surface area (Å²) in [4.78, 5) is 17.2. The van der Waals surface area contributed by atoms with Crippen molar-refractivity contribution in [2.75, 3.05) is 5.32 Å². The van der Waals surface area contributed by atoms with E-state index >= 15 is 0 Å². The third-order valence-electron chi connectivity index (χ3n) is 5.53. The molecule has 3 heterocycles. The lowest BCUT2D eigenvalue weighted by atomic mass is 10.2. The van der Waals surface area contributed by atoms with Crippen LogP contribution in [0.3, 0.4) is 0 Å². The monoisotopic (exact) mass is 447 g/mol. The number of nitrogens with zero attached hydrogens (tertiary/aromatic N) is 6. The van der Waals surface area contributed by atoms with Crippen LogP contribution in [0.2, 0.25) is 5.02 Å². The normalized spacial score (nSPS) is 13.4. The van der Waals surface area contributed by atoms with E-state index < -0.39 is 0 Å². The van der Waals surface area contributed by atoms with Crippen molar-refractivity contribution in [3.8, 4) is 17.1 Å². The molecule has 5 rings (SSSR count). The summed E-state index contributed by atoms with van der Waals surface area (Å²) in [5, 5.41) is 16.7. The predicted octanol–water partition coefficient (Wildman–Crippen LogP) is 4.47. The fourth-order valence-electron chi connectivity index (χ4n) is 3.93. The molecule has 2 aromatic heterocycles. The fourth-order valence-corrected chi connectivity index (χ4v) is 4.06. The van der Waals surface area contributed by atoms with E-state index in [0.717, 1.165) is 48.7 Å². The number of fused-ring (bicyclic) bond motifs is 1. The Labute approximate surface area is 190 Å². The van der Waals surface area contributed by atoms with Crippen molar-refractivity contribution in [1.82, 2.24) is 29.5 Å². The van der Waals surface area contributed by atoms with Crippen LogP contribution in [-0.4, -0.2) is 35.4 Å².